The minimum absolute atomic E-state index is 0.0119. The Hall–Kier alpha value is -5.70. The zero-order chi connectivity index (χ0) is 38.1. The van der Waals surface area contributed by atoms with E-state index >= 15 is 0 Å². The second kappa shape index (κ2) is 20.5. The summed E-state index contributed by atoms with van der Waals surface area (Å²) in [6, 6.07) is 21.9. The Morgan fingerprint density at radius 3 is 1.41 bits per heavy atom. The number of pyridine rings is 2. The molecule has 4 aromatic rings. The maximum atomic E-state index is 13.0. The third-order valence-electron chi connectivity index (χ3n) is 8.88. The van der Waals surface area contributed by atoms with Gasteiger partial charge in [0.1, 0.15) is 0 Å². The van der Waals surface area contributed by atoms with Gasteiger partial charge < -0.3 is 39.5 Å². The monoisotopic (exact) mass is 737 g/mol. The first kappa shape index (κ1) is 39.5. The molecule has 54 heavy (non-hydrogen) atoms. The fourth-order valence-electron chi connectivity index (χ4n) is 5.93. The van der Waals surface area contributed by atoms with Gasteiger partial charge in [-0.05, 0) is 46.5 Å². The molecule has 0 spiro atoms. The molecule has 6 rings (SSSR count). The molecule has 284 valence electrons. The molecule has 0 atom stereocenters. The van der Waals surface area contributed by atoms with Crippen molar-refractivity contribution in [1.82, 2.24) is 29.6 Å². The van der Waals surface area contributed by atoms with E-state index in [1.807, 2.05) is 58.3 Å². The molecule has 2 fully saturated rings. The van der Waals surface area contributed by atoms with Crippen LogP contribution in [0.5, 0.6) is 0 Å². The summed E-state index contributed by atoms with van der Waals surface area (Å²) in [5.74, 6) is -0.476. The average Bonchev–Trinajstić information content (AvgIpc) is 3.24. The van der Waals surface area contributed by atoms with Crippen molar-refractivity contribution in [2.45, 2.75) is 26.2 Å². The number of hydrogen-bond acceptors (Lipinski definition) is 10. The molecule has 4 amide bonds. The number of methoxy groups -OCH3 is 1. The maximum Gasteiger partial charge on any atom is 0.337 e. The summed E-state index contributed by atoms with van der Waals surface area (Å²) in [6.45, 7) is 6.38. The van der Waals surface area contributed by atoms with E-state index < -0.39 is 0 Å². The largest absolute Gasteiger partial charge is 0.465 e. The molecule has 14 nitrogen and oxygen atoms in total. The van der Waals surface area contributed by atoms with Crippen LogP contribution in [0.3, 0.4) is 0 Å². The van der Waals surface area contributed by atoms with Gasteiger partial charge in [0, 0.05) is 82.7 Å². The zero-order valence-electron chi connectivity index (χ0n) is 30.5. The van der Waals surface area contributed by atoms with Gasteiger partial charge in [-0.15, -0.1) is 0 Å². The van der Waals surface area contributed by atoms with Crippen molar-refractivity contribution < 1.29 is 33.4 Å². The van der Waals surface area contributed by atoms with Crippen LogP contribution in [0.25, 0.3) is 0 Å². The van der Waals surface area contributed by atoms with Crippen molar-refractivity contribution in [3.8, 4) is 0 Å². The van der Waals surface area contributed by atoms with Gasteiger partial charge in [0.25, 0.3) is 0 Å². The normalized spacial score (nSPS) is 14.0. The highest BCUT2D eigenvalue weighted by atomic mass is 16.5. The number of ketones is 1. The van der Waals surface area contributed by atoms with Gasteiger partial charge in [-0.25, -0.2) is 14.4 Å². The first-order valence-electron chi connectivity index (χ1n) is 17.8. The van der Waals surface area contributed by atoms with Gasteiger partial charge in [-0.2, -0.15) is 0 Å². The number of amides is 4. The van der Waals surface area contributed by atoms with Crippen molar-refractivity contribution in [1.29, 1.82) is 0 Å². The Balaban J connectivity index is 0.000000208. The number of hydrogen-bond donors (Lipinski definition) is 1. The predicted octanol–water partition coefficient (Wildman–Crippen LogP) is 4.00. The van der Waals surface area contributed by atoms with E-state index in [0.29, 0.717) is 89.9 Å². The Morgan fingerprint density at radius 1 is 0.630 bits per heavy atom. The molecule has 0 aliphatic carbocycles. The Bertz CT molecular complexity index is 1650. The number of carbonyl (C=O) groups is 4. The minimum Gasteiger partial charge on any atom is -0.465 e. The van der Waals surface area contributed by atoms with Gasteiger partial charge in [0.05, 0.1) is 45.6 Å². The summed E-state index contributed by atoms with van der Waals surface area (Å²) < 4.78 is 15.4. The van der Waals surface area contributed by atoms with E-state index in [1.54, 1.807) is 58.9 Å². The summed E-state index contributed by atoms with van der Waals surface area (Å²) in [6.07, 6.45) is 6.95. The zero-order valence-corrected chi connectivity index (χ0v) is 30.5. The average molecular weight is 738 g/mol. The van der Waals surface area contributed by atoms with Crippen molar-refractivity contribution >= 4 is 23.8 Å². The summed E-state index contributed by atoms with van der Waals surface area (Å²) in [5.41, 5.74) is 10.3. The molecule has 2 aromatic carbocycles. The number of carbonyl (C=O) groups excluding carboxylic acids is 4. The Labute approximate surface area is 315 Å². The highest BCUT2D eigenvalue weighted by Crippen LogP contribution is 2.16. The molecule has 0 radical (unpaired) electrons. The Kier molecular flexibility index (Phi) is 15.0. The van der Waals surface area contributed by atoms with Crippen molar-refractivity contribution in [3.05, 3.63) is 131 Å². The number of aromatic nitrogens is 2. The van der Waals surface area contributed by atoms with Crippen LogP contribution < -0.4 is 5.73 Å². The quantitative estimate of drug-likeness (QED) is 0.176. The molecular weight excluding hydrogens is 690 g/mol. The summed E-state index contributed by atoms with van der Waals surface area (Å²) in [7, 11) is 1.35. The van der Waals surface area contributed by atoms with Crippen LogP contribution in [-0.2, 0) is 40.4 Å². The molecule has 2 aliphatic heterocycles. The van der Waals surface area contributed by atoms with E-state index in [1.165, 1.54) is 7.11 Å². The van der Waals surface area contributed by atoms with E-state index in [9.17, 15) is 19.2 Å². The summed E-state index contributed by atoms with van der Waals surface area (Å²) >= 11 is 0. The number of nitrogens with two attached hydrogens (primary N) is 1. The second-order valence-electron chi connectivity index (χ2n) is 12.7. The molecule has 2 aliphatic rings. The number of rotatable bonds is 11. The number of nitrogens with zero attached hydrogens (tertiary/aromatic N) is 6. The topological polar surface area (TPSA) is 161 Å². The van der Waals surface area contributed by atoms with E-state index in [0.717, 1.165) is 22.3 Å². The van der Waals surface area contributed by atoms with Gasteiger partial charge in [0.15, 0.2) is 5.78 Å². The van der Waals surface area contributed by atoms with Crippen LogP contribution in [0, 0.1) is 0 Å². The number of benzene rings is 2. The van der Waals surface area contributed by atoms with Crippen LogP contribution in [-0.4, -0.2) is 120 Å². The lowest BCUT2D eigenvalue weighted by atomic mass is 10.1. The molecule has 2 N–H and O–H groups in total. The minimum atomic E-state index is -0.377. The molecular formula is C40H47N7O7. The van der Waals surface area contributed by atoms with Crippen LogP contribution >= 0.6 is 0 Å². The number of morpholine rings is 2. The lowest BCUT2D eigenvalue weighted by Crippen LogP contribution is -2.47. The third kappa shape index (κ3) is 11.7. The Morgan fingerprint density at radius 2 is 1.04 bits per heavy atom. The molecule has 14 heteroatoms. The lowest BCUT2D eigenvalue weighted by Gasteiger charge is -2.33. The van der Waals surface area contributed by atoms with E-state index in [4.69, 9.17) is 19.9 Å². The second-order valence-corrected chi connectivity index (χ2v) is 12.7. The van der Waals surface area contributed by atoms with Crippen LogP contribution in [0.2, 0.25) is 0 Å². The van der Waals surface area contributed by atoms with Crippen molar-refractivity contribution in [3.63, 3.8) is 0 Å². The lowest BCUT2D eigenvalue weighted by molar-refractivity contribution is 0.0418. The summed E-state index contributed by atoms with van der Waals surface area (Å²) in [5, 5.41) is 0. The smallest absolute Gasteiger partial charge is 0.337 e. The SMILES string of the molecule is COC(=O)c1ccc(CN(Cc2cccnc2)C(=O)N2CCOCC2)cc1.NCC(=O)c1ccc(CN(Cc2cccnc2)C(=O)N2CCOCC2)cc1. The van der Waals surface area contributed by atoms with Crippen LogP contribution in [0.4, 0.5) is 9.59 Å². The highest BCUT2D eigenvalue weighted by molar-refractivity contribution is 5.97. The fraction of sp³-hybridized carbons (Fsp3) is 0.350. The molecule has 0 unspecified atom stereocenters. The van der Waals surface area contributed by atoms with Gasteiger partial charge >= 0.3 is 18.0 Å². The molecule has 4 heterocycles. The standard InChI is InChI=1S/C20H24N4O3.C20H23N3O4/c21-12-19(25)18-5-3-16(4-6-18)14-24(15-17-2-1-7-22-13-17)20(26)23-8-10-27-11-9-23;1-26-19(24)18-6-4-16(5-7-18)14-23(15-17-3-2-8-21-13-17)20(25)22-9-11-27-12-10-22/h1-7,13H,8-12,14-15,21H2;2-8,13H,9-12,14-15H2,1H3. The van der Waals surface area contributed by atoms with E-state index in [2.05, 4.69) is 9.97 Å². The third-order valence-corrected chi connectivity index (χ3v) is 8.88. The fourth-order valence-corrected chi connectivity index (χ4v) is 5.93. The molecule has 0 saturated carbocycles. The van der Waals surface area contributed by atoms with Crippen molar-refractivity contribution in [2.75, 3.05) is 66.3 Å². The predicted molar refractivity (Wildman–Crippen MR) is 200 cm³/mol. The first-order valence-corrected chi connectivity index (χ1v) is 17.8. The molecule has 0 bridgehead atoms. The molecule has 2 saturated heterocycles. The number of esters is 1. The van der Waals surface area contributed by atoms with Crippen molar-refractivity contribution in [2.24, 2.45) is 5.73 Å². The maximum absolute atomic E-state index is 13.0. The number of urea groups is 2. The van der Waals surface area contributed by atoms with Crippen LogP contribution in [0.15, 0.2) is 97.6 Å². The number of ether oxygens (including phenoxy) is 3. The van der Waals surface area contributed by atoms with Crippen LogP contribution in [0.1, 0.15) is 43.0 Å². The number of Topliss-reactive ketones (excluding diaryl/α,β-unsaturated/α-hetero) is 1. The summed E-state index contributed by atoms with van der Waals surface area (Å²) in [4.78, 5) is 64.8. The molecule has 2 aromatic heterocycles. The van der Waals surface area contributed by atoms with Gasteiger partial charge in [0.2, 0.25) is 0 Å². The highest BCUT2D eigenvalue weighted by Gasteiger charge is 2.25. The van der Waals surface area contributed by atoms with E-state index in [-0.39, 0.29) is 30.4 Å². The van der Waals surface area contributed by atoms with Gasteiger partial charge in [-0.3, -0.25) is 14.8 Å². The first-order chi connectivity index (χ1) is 26.3. The van der Waals surface area contributed by atoms with Gasteiger partial charge in [-0.1, -0.05) is 48.5 Å².